The third-order valence-corrected chi connectivity index (χ3v) is 2.97. The Morgan fingerprint density at radius 3 is 3.06 bits per heavy atom. The standard InChI is InChI=1S/C13H7N3/c1-2-8-6-11-9(4-5-14-11)13-12(8)10(3-1)15-7-16-13/h1-7H. The fraction of sp³-hybridized carbons (Fsp3) is 0. The largest absolute Gasteiger partial charge is 0.256 e. The first-order valence-electron chi connectivity index (χ1n) is 5.14. The predicted molar refractivity (Wildman–Crippen MR) is 64.9 cm³/mol. The lowest BCUT2D eigenvalue weighted by Crippen LogP contribution is -2.03. The molecule has 1 aliphatic rings. The second-order valence-corrected chi connectivity index (χ2v) is 3.85. The zero-order valence-electron chi connectivity index (χ0n) is 8.38. The van der Waals surface area contributed by atoms with E-state index in [9.17, 15) is 0 Å². The zero-order valence-corrected chi connectivity index (χ0v) is 8.38. The maximum atomic E-state index is 4.38. The SMILES string of the molecule is C1=Nc2cc3cccc4ncnc(c2=C1)c34. The smallest absolute Gasteiger partial charge is 0.116 e. The lowest BCUT2D eigenvalue weighted by molar-refractivity contribution is 1.25. The van der Waals surface area contributed by atoms with Crippen molar-refractivity contribution in [2.45, 2.75) is 0 Å². The molecule has 3 nitrogen and oxygen atoms in total. The van der Waals surface area contributed by atoms with Gasteiger partial charge in [0.2, 0.25) is 0 Å². The van der Waals surface area contributed by atoms with Crippen LogP contribution < -0.4 is 5.22 Å². The monoisotopic (exact) mass is 205 g/mol. The highest BCUT2D eigenvalue weighted by atomic mass is 14.8. The summed E-state index contributed by atoms with van der Waals surface area (Å²) in [6.45, 7) is 0. The van der Waals surface area contributed by atoms with E-state index in [1.807, 2.05) is 24.4 Å². The number of hydrogen-bond acceptors (Lipinski definition) is 3. The van der Waals surface area contributed by atoms with Gasteiger partial charge in [0.05, 0.1) is 16.7 Å². The normalized spacial score (nSPS) is 13.2. The second-order valence-electron chi connectivity index (χ2n) is 3.85. The molecule has 0 saturated heterocycles. The molecule has 4 rings (SSSR count). The Bertz CT molecular complexity index is 798. The first-order valence-corrected chi connectivity index (χ1v) is 5.14. The maximum absolute atomic E-state index is 4.38. The van der Waals surface area contributed by atoms with Gasteiger partial charge < -0.3 is 0 Å². The summed E-state index contributed by atoms with van der Waals surface area (Å²) >= 11 is 0. The van der Waals surface area contributed by atoms with Gasteiger partial charge in [0.25, 0.3) is 0 Å². The number of fused-ring (bicyclic) bond motifs is 2. The zero-order chi connectivity index (χ0) is 10.5. The molecule has 0 radical (unpaired) electrons. The highest BCUT2D eigenvalue weighted by Gasteiger charge is 2.09. The maximum Gasteiger partial charge on any atom is 0.116 e. The van der Waals surface area contributed by atoms with Gasteiger partial charge in [-0.05, 0) is 23.6 Å². The molecule has 16 heavy (non-hydrogen) atoms. The third kappa shape index (κ3) is 0.852. The van der Waals surface area contributed by atoms with Crippen molar-refractivity contribution in [3.8, 4) is 0 Å². The van der Waals surface area contributed by atoms with Crippen molar-refractivity contribution in [3.63, 3.8) is 0 Å². The van der Waals surface area contributed by atoms with Gasteiger partial charge in [0.1, 0.15) is 6.33 Å². The number of benzene rings is 2. The van der Waals surface area contributed by atoms with Gasteiger partial charge in [0.15, 0.2) is 0 Å². The summed E-state index contributed by atoms with van der Waals surface area (Å²) in [5, 5.41) is 3.39. The molecule has 0 fully saturated rings. The summed E-state index contributed by atoms with van der Waals surface area (Å²) in [6, 6.07) is 8.19. The minimum atomic E-state index is 0.991. The van der Waals surface area contributed by atoms with Crippen molar-refractivity contribution >= 4 is 39.8 Å². The predicted octanol–water partition coefficient (Wildman–Crippen LogP) is 2.00. The van der Waals surface area contributed by atoms with E-state index in [4.69, 9.17) is 0 Å². The molecule has 0 aliphatic carbocycles. The average molecular weight is 205 g/mol. The summed E-state index contributed by atoms with van der Waals surface area (Å²) in [7, 11) is 0. The van der Waals surface area contributed by atoms with E-state index in [-0.39, 0.29) is 0 Å². The Labute approximate surface area is 91.2 Å². The molecule has 0 bridgehead atoms. The summed E-state index contributed by atoms with van der Waals surface area (Å²) in [5.74, 6) is 0. The second kappa shape index (κ2) is 2.64. The highest BCUT2D eigenvalue weighted by Crippen LogP contribution is 2.25. The van der Waals surface area contributed by atoms with Gasteiger partial charge in [0, 0.05) is 16.8 Å². The van der Waals surface area contributed by atoms with Crippen LogP contribution in [0.4, 0.5) is 5.69 Å². The number of nitrogens with zero attached hydrogens (tertiary/aromatic N) is 3. The van der Waals surface area contributed by atoms with Gasteiger partial charge in [-0.1, -0.05) is 12.1 Å². The number of aromatic nitrogens is 2. The van der Waals surface area contributed by atoms with Crippen molar-refractivity contribution < 1.29 is 0 Å². The van der Waals surface area contributed by atoms with E-state index in [1.54, 1.807) is 6.33 Å². The number of hydrogen-bond donors (Lipinski definition) is 0. The fourth-order valence-electron chi connectivity index (χ4n) is 2.27. The van der Waals surface area contributed by atoms with Crippen molar-refractivity contribution in [3.05, 3.63) is 35.8 Å². The Morgan fingerprint density at radius 2 is 2.06 bits per heavy atom. The van der Waals surface area contributed by atoms with Gasteiger partial charge in [-0.2, -0.15) is 0 Å². The first-order chi connectivity index (χ1) is 7.93. The van der Waals surface area contributed by atoms with Gasteiger partial charge in [-0.15, -0.1) is 0 Å². The first kappa shape index (κ1) is 7.93. The molecule has 74 valence electrons. The summed E-state index contributed by atoms with van der Waals surface area (Å²) in [5.41, 5.74) is 2.99. The van der Waals surface area contributed by atoms with Crippen molar-refractivity contribution in [1.29, 1.82) is 0 Å². The molecular weight excluding hydrogens is 198 g/mol. The van der Waals surface area contributed by atoms with Crippen LogP contribution in [0.25, 0.3) is 27.9 Å². The molecule has 1 aliphatic heterocycles. The Balaban J connectivity index is 2.44. The van der Waals surface area contributed by atoms with Crippen molar-refractivity contribution in [2.75, 3.05) is 0 Å². The molecule has 0 unspecified atom stereocenters. The van der Waals surface area contributed by atoms with Crippen LogP contribution in [0.2, 0.25) is 0 Å². The molecule has 0 spiro atoms. The van der Waals surface area contributed by atoms with Crippen LogP contribution >= 0.6 is 0 Å². The van der Waals surface area contributed by atoms with Crippen molar-refractivity contribution in [2.24, 2.45) is 4.99 Å². The molecule has 3 aromatic rings. The molecule has 0 amide bonds. The molecule has 1 aromatic heterocycles. The molecule has 2 aromatic carbocycles. The average Bonchev–Trinajstić information content (AvgIpc) is 2.78. The molecule has 0 N–H and O–H groups in total. The van der Waals surface area contributed by atoms with Crippen molar-refractivity contribution in [1.82, 2.24) is 9.97 Å². The number of aliphatic imine (C=N–C) groups is 1. The third-order valence-electron chi connectivity index (χ3n) is 2.97. The lowest BCUT2D eigenvalue weighted by Gasteiger charge is -2.04. The van der Waals surface area contributed by atoms with E-state index in [0.29, 0.717) is 0 Å². The van der Waals surface area contributed by atoms with Crippen LogP contribution in [-0.2, 0) is 0 Å². The van der Waals surface area contributed by atoms with Crippen LogP contribution in [-0.4, -0.2) is 16.2 Å². The summed E-state index contributed by atoms with van der Waals surface area (Å²) in [6.07, 6.45) is 5.44. The van der Waals surface area contributed by atoms with E-state index >= 15 is 0 Å². The molecule has 3 heteroatoms. The van der Waals surface area contributed by atoms with Gasteiger partial charge in [-0.25, -0.2) is 9.97 Å². The fourth-order valence-corrected chi connectivity index (χ4v) is 2.27. The summed E-state index contributed by atoms with van der Waals surface area (Å²) < 4.78 is 0. The van der Waals surface area contributed by atoms with E-state index in [2.05, 4.69) is 27.1 Å². The van der Waals surface area contributed by atoms with Crippen LogP contribution in [0, 0.1) is 0 Å². The van der Waals surface area contributed by atoms with E-state index in [1.165, 1.54) is 0 Å². The Kier molecular flexibility index (Phi) is 1.31. The van der Waals surface area contributed by atoms with E-state index < -0.39 is 0 Å². The molecule has 0 saturated carbocycles. The Hall–Kier alpha value is -2.29. The van der Waals surface area contributed by atoms with Gasteiger partial charge >= 0.3 is 0 Å². The van der Waals surface area contributed by atoms with Crippen LogP contribution in [0.5, 0.6) is 0 Å². The number of rotatable bonds is 0. The topological polar surface area (TPSA) is 38.1 Å². The van der Waals surface area contributed by atoms with E-state index in [0.717, 1.165) is 32.7 Å². The summed E-state index contributed by atoms with van der Waals surface area (Å²) in [4.78, 5) is 13.0. The minimum absolute atomic E-state index is 0.991. The lowest BCUT2D eigenvalue weighted by atomic mass is 10.1. The minimum Gasteiger partial charge on any atom is -0.256 e. The molecule has 2 heterocycles. The van der Waals surface area contributed by atoms with Crippen LogP contribution in [0.1, 0.15) is 0 Å². The highest BCUT2D eigenvalue weighted by molar-refractivity contribution is 6.12. The van der Waals surface area contributed by atoms with Gasteiger partial charge in [-0.3, -0.25) is 4.99 Å². The molecular formula is C13H7N3. The quantitative estimate of drug-likeness (QED) is 0.563. The molecule has 0 atom stereocenters. The Morgan fingerprint density at radius 1 is 1.06 bits per heavy atom. The van der Waals surface area contributed by atoms with Crippen LogP contribution in [0.15, 0.2) is 35.6 Å². The van der Waals surface area contributed by atoms with Crippen LogP contribution in [0.3, 0.4) is 0 Å².